The Kier molecular flexibility index (Phi) is 15.9. The summed E-state index contributed by atoms with van der Waals surface area (Å²) in [6, 6.07) is 12.1. The molecule has 7 nitrogen and oxygen atoms in total. The van der Waals surface area contributed by atoms with Gasteiger partial charge in [0.25, 0.3) is 0 Å². The van der Waals surface area contributed by atoms with Crippen molar-refractivity contribution in [2.75, 3.05) is 25.0 Å². The Morgan fingerprint density at radius 3 is 2.29 bits per heavy atom. The standard InChI is InChI=1S/C25H32F3N5O2.3ClH/c26-25(27,28)18-7-4-8-20(15-18)31-24(35)22(10-9-17-5-2-1-3-6-17)32-23(34)21(30)12-14-33-13-11-19(29)16-33;;;/h1-8,15,19,21-22H,9-14,16,29-30H2,(H,31,35)(H,32,34);3*1H/t19-,21-,22-;;;/m0.../s1. The molecule has 1 heterocycles. The van der Waals surface area contributed by atoms with Crippen LogP contribution in [0.5, 0.6) is 0 Å². The molecule has 2 aromatic rings. The number of hydrogen-bond donors (Lipinski definition) is 4. The predicted octanol–water partition coefficient (Wildman–Crippen LogP) is 3.78. The average molecular weight is 601 g/mol. The molecule has 1 aliphatic heterocycles. The van der Waals surface area contributed by atoms with Crippen molar-refractivity contribution in [3.63, 3.8) is 0 Å². The third-order valence-corrected chi connectivity index (χ3v) is 6.06. The zero-order valence-electron chi connectivity index (χ0n) is 20.7. The number of hydrogen-bond acceptors (Lipinski definition) is 5. The molecule has 1 fully saturated rings. The Morgan fingerprint density at radius 1 is 1.00 bits per heavy atom. The van der Waals surface area contributed by atoms with E-state index in [1.165, 1.54) is 12.1 Å². The summed E-state index contributed by atoms with van der Waals surface area (Å²) in [4.78, 5) is 27.9. The lowest BCUT2D eigenvalue weighted by Crippen LogP contribution is -2.50. The third-order valence-electron chi connectivity index (χ3n) is 6.06. The Labute approximate surface area is 239 Å². The van der Waals surface area contributed by atoms with E-state index in [2.05, 4.69) is 15.5 Å². The van der Waals surface area contributed by atoms with Crippen molar-refractivity contribution < 1.29 is 22.8 Å². The molecular formula is C25H35Cl3F3N5O2. The summed E-state index contributed by atoms with van der Waals surface area (Å²) >= 11 is 0. The molecule has 1 saturated heterocycles. The van der Waals surface area contributed by atoms with Crippen molar-refractivity contribution in [1.29, 1.82) is 0 Å². The van der Waals surface area contributed by atoms with E-state index in [4.69, 9.17) is 11.5 Å². The Balaban J connectivity index is 0.00000456. The van der Waals surface area contributed by atoms with Crippen molar-refractivity contribution in [3.8, 4) is 0 Å². The van der Waals surface area contributed by atoms with Gasteiger partial charge in [0.2, 0.25) is 11.8 Å². The lowest BCUT2D eigenvalue weighted by Gasteiger charge is -2.22. The maximum Gasteiger partial charge on any atom is 0.416 e. The summed E-state index contributed by atoms with van der Waals surface area (Å²) in [6.45, 7) is 2.23. The molecule has 0 saturated carbocycles. The van der Waals surface area contributed by atoms with Gasteiger partial charge in [0, 0.05) is 24.8 Å². The van der Waals surface area contributed by atoms with E-state index in [0.29, 0.717) is 19.4 Å². The van der Waals surface area contributed by atoms with Crippen LogP contribution in [-0.2, 0) is 22.2 Å². The largest absolute Gasteiger partial charge is 0.416 e. The highest BCUT2D eigenvalue weighted by molar-refractivity contribution is 5.97. The average Bonchev–Trinajstić information content (AvgIpc) is 3.25. The van der Waals surface area contributed by atoms with Crippen LogP contribution in [-0.4, -0.2) is 54.5 Å². The van der Waals surface area contributed by atoms with Gasteiger partial charge in [-0.05, 0) is 56.0 Å². The molecule has 0 unspecified atom stereocenters. The predicted molar refractivity (Wildman–Crippen MR) is 150 cm³/mol. The molecule has 6 N–H and O–H groups in total. The van der Waals surface area contributed by atoms with Crippen LogP contribution in [0.2, 0.25) is 0 Å². The number of amides is 2. The number of nitrogens with one attached hydrogen (secondary N) is 2. The summed E-state index contributed by atoms with van der Waals surface area (Å²) in [6.07, 6.45) is -2.48. The molecule has 0 radical (unpaired) electrons. The van der Waals surface area contributed by atoms with Crippen LogP contribution < -0.4 is 22.1 Å². The number of benzene rings is 2. The van der Waals surface area contributed by atoms with E-state index in [9.17, 15) is 22.8 Å². The summed E-state index contributed by atoms with van der Waals surface area (Å²) in [7, 11) is 0. The van der Waals surface area contributed by atoms with Crippen molar-refractivity contribution in [2.45, 2.75) is 50.0 Å². The van der Waals surface area contributed by atoms with Gasteiger partial charge in [-0.2, -0.15) is 13.2 Å². The minimum atomic E-state index is -4.53. The molecule has 214 valence electrons. The molecule has 0 spiro atoms. The summed E-state index contributed by atoms with van der Waals surface area (Å²) in [5.74, 6) is -1.09. The van der Waals surface area contributed by atoms with Gasteiger partial charge in [-0.25, -0.2) is 0 Å². The highest BCUT2D eigenvalue weighted by atomic mass is 35.5. The summed E-state index contributed by atoms with van der Waals surface area (Å²) in [5.41, 5.74) is 12.1. The monoisotopic (exact) mass is 599 g/mol. The molecule has 1 aliphatic rings. The summed E-state index contributed by atoms with van der Waals surface area (Å²) < 4.78 is 39.1. The van der Waals surface area contributed by atoms with Crippen LogP contribution >= 0.6 is 37.2 Å². The second kappa shape index (κ2) is 16.8. The number of alkyl halides is 3. The van der Waals surface area contributed by atoms with Crippen LogP contribution in [0.4, 0.5) is 18.9 Å². The smallest absolute Gasteiger partial charge is 0.343 e. The zero-order chi connectivity index (χ0) is 25.4. The van der Waals surface area contributed by atoms with Crippen molar-refractivity contribution in [3.05, 3.63) is 65.7 Å². The fourth-order valence-electron chi connectivity index (χ4n) is 4.02. The SMILES string of the molecule is Cl.Cl.Cl.N[C@H]1CCN(CC[C@H](N)C(=O)N[C@@H](CCc2ccccc2)C(=O)Nc2cccc(C(F)(F)F)c2)C1. The third kappa shape index (κ3) is 11.3. The van der Waals surface area contributed by atoms with Gasteiger partial charge in [0.05, 0.1) is 11.6 Å². The van der Waals surface area contributed by atoms with E-state index < -0.39 is 35.6 Å². The van der Waals surface area contributed by atoms with E-state index in [1.807, 2.05) is 30.3 Å². The number of halogens is 6. The molecule has 2 amide bonds. The number of nitrogens with two attached hydrogens (primary N) is 2. The van der Waals surface area contributed by atoms with Crippen molar-refractivity contribution in [1.82, 2.24) is 10.2 Å². The quantitative estimate of drug-likeness (QED) is 0.332. The number of carbonyl (C=O) groups excluding carboxylic acids is 2. The van der Waals surface area contributed by atoms with Crippen LogP contribution in [0.3, 0.4) is 0 Å². The summed E-state index contributed by atoms with van der Waals surface area (Å²) in [5, 5.41) is 5.19. The molecule has 3 atom stereocenters. The number of aryl methyl sites for hydroxylation is 1. The highest BCUT2D eigenvalue weighted by Gasteiger charge is 2.31. The fraction of sp³-hybridized carbons (Fsp3) is 0.440. The molecular weight excluding hydrogens is 566 g/mol. The molecule has 0 bridgehead atoms. The molecule has 3 rings (SSSR count). The topological polar surface area (TPSA) is 113 Å². The number of nitrogens with zero attached hydrogens (tertiary/aromatic N) is 1. The molecule has 0 aliphatic carbocycles. The van der Waals surface area contributed by atoms with E-state index in [-0.39, 0.29) is 55.4 Å². The van der Waals surface area contributed by atoms with Crippen molar-refractivity contribution in [2.24, 2.45) is 11.5 Å². The first-order chi connectivity index (χ1) is 16.6. The van der Waals surface area contributed by atoms with Crippen LogP contribution in [0.1, 0.15) is 30.4 Å². The molecule has 38 heavy (non-hydrogen) atoms. The Bertz CT molecular complexity index is 1000. The second-order valence-electron chi connectivity index (χ2n) is 8.90. The highest BCUT2D eigenvalue weighted by Crippen LogP contribution is 2.30. The lowest BCUT2D eigenvalue weighted by molar-refractivity contribution is -0.137. The Morgan fingerprint density at radius 2 is 1.68 bits per heavy atom. The normalized spacial score (nSPS) is 16.7. The number of anilines is 1. The van der Waals surface area contributed by atoms with Gasteiger partial charge in [0.15, 0.2) is 0 Å². The van der Waals surface area contributed by atoms with Gasteiger partial charge in [-0.1, -0.05) is 36.4 Å². The number of likely N-dealkylation sites (tertiary alicyclic amines) is 1. The zero-order valence-corrected chi connectivity index (χ0v) is 23.1. The minimum absolute atomic E-state index is 0. The first kappa shape index (κ1) is 35.9. The molecule has 0 aromatic heterocycles. The van der Waals surface area contributed by atoms with Crippen LogP contribution in [0.25, 0.3) is 0 Å². The Hall–Kier alpha value is -2.08. The maximum absolute atomic E-state index is 13.0. The van der Waals surface area contributed by atoms with E-state index >= 15 is 0 Å². The second-order valence-corrected chi connectivity index (χ2v) is 8.90. The number of carbonyl (C=O) groups is 2. The maximum atomic E-state index is 13.0. The van der Waals surface area contributed by atoms with Crippen molar-refractivity contribution >= 4 is 54.7 Å². The van der Waals surface area contributed by atoms with Crippen LogP contribution in [0, 0.1) is 0 Å². The van der Waals surface area contributed by atoms with Gasteiger partial charge in [0.1, 0.15) is 6.04 Å². The van der Waals surface area contributed by atoms with E-state index in [1.54, 1.807) is 0 Å². The number of rotatable bonds is 10. The molecule has 13 heteroatoms. The van der Waals surface area contributed by atoms with Gasteiger partial charge < -0.3 is 27.0 Å². The molecule has 2 aromatic carbocycles. The van der Waals surface area contributed by atoms with Gasteiger partial charge in [-0.3, -0.25) is 9.59 Å². The minimum Gasteiger partial charge on any atom is -0.343 e. The van der Waals surface area contributed by atoms with Gasteiger partial charge in [-0.15, -0.1) is 37.2 Å². The van der Waals surface area contributed by atoms with Gasteiger partial charge >= 0.3 is 6.18 Å². The first-order valence-electron chi connectivity index (χ1n) is 11.7. The van der Waals surface area contributed by atoms with E-state index in [0.717, 1.165) is 37.2 Å². The lowest BCUT2D eigenvalue weighted by atomic mass is 10.0. The van der Waals surface area contributed by atoms with Crippen LogP contribution in [0.15, 0.2) is 54.6 Å². The first-order valence-corrected chi connectivity index (χ1v) is 11.7. The fourth-order valence-corrected chi connectivity index (χ4v) is 4.02.